The molecule has 0 saturated heterocycles. The molecule has 0 radical (unpaired) electrons. The van der Waals surface area contributed by atoms with Crippen molar-refractivity contribution < 1.29 is 13.5 Å². The van der Waals surface area contributed by atoms with E-state index in [1.165, 1.54) is 18.2 Å². The lowest BCUT2D eigenvalue weighted by Gasteiger charge is -2.02. The Bertz CT molecular complexity index is 416. The van der Waals surface area contributed by atoms with Gasteiger partial charge in [-0.3, -0.25) is 0 Å². The lowest BCUT2D eigenvalue weighted by molar-refractivity contribution is 0.469. The monoisotopic (exact) mass is 221 g/mol. The molecule has 0 aromatic heterocycles. The zero-order valence-electron chi connectivity index (χ0n) is 6.57. The normalized spacial score (nSPS) is 11.5. The summed E-state index contributed by atoms with van der Waals surface area (Å²) < 4.78 is 21.4. The molecular formula is C7H8ClNO3S. The van der Waals surface area contributed by atoms with Crippen LogP contribution in [0.1, 0.15) is 5.56 Å². The molecule has 1 rings (SSSR count). The first-order valence-electron chi connectivity index (χ1n) is 3.36. The molecule has 4 nitrogen and oxygen atoms in total. The van der Waals surface area contributed by atoms with Gasteiger partial charge in [0.15, 0.2) is 0 Å². The molecule has 1 aromatic rings. The zero-order chi connectivity index (χ0) is 10.1. The second kappa shape index (κ2) is 3.53. The summed E-state index contributed by atoms with van der Waals surface area (Å²) in [5, 5.41) is 14.4. The van der Waals surface area contributed by atoms with Gasteiger partial charge in [0.2, 0.25) is 10.0 Å². The molecule has 0 saturated carbocycles. The number of phenols is 1. The van der Waals surface area contributed by atoms with Crippen molar-refractivity contribution in [2.75, 3.05) is 0 Å². The fraction of sp³-hybridized carbons (Fsp3) is 0.143. The molecule has 0 aliphatic heterocycles. The summed E-state index contributed by atoms with van der Waals surface area (Å²) in [5.41, 5.74) is 0.204. The van der Waals surface area contributed by atoms with E-state index in [2.05, 4.69) is 0 Å². The predicted molar refractivity (Wildman–Crippen MR) is 49.9 cm³/mol. The van der Waals surface area contributed by atoms with Crippen molar-refractivity contribution >= 4 is 21.6 Å². The molecule has 0 aliphatic rings. The smallest absolute Gasteiger partial charge is 0.213 e. The van der Waals surface area contributed by atoms with Crippen LogP contribution < -0.4 is 5.14 Å². The van der Waals surface area contributed by atoms with Crippen LogP contribution in [0.3, 0.4) is 0 Å². The fourth-order valence-corrected chi connectivity index (χ4v) is 1.75. The van der Waals surface area contributed by atoms with Gasteiger partial charge < -0.3 is 5.11 Å². The Morgan fingerprint density at radius 3 is 2.62 bits per heavy atom. The van der Waals surface area contributed by atoms with E-state index in [-0.39, 0.29) is 11.3 Å². The van der Waals surface area contributed by atoms with E-state index in [4.69, 9.17) is 16.7 Å². The maximum absolute atomic E-state index is 10.7. The number of sulfonamides is 1. The average molecular weight is 222 g/mol. The third-order valence-corrected chi connectivity index (χ3v) is 2.35. The first-order valence-corrected chi connectivity index (χ1v) is 5.46. The van der Waals surface area contributed by atoms with Gasteiger partial charge in [0, 0.05) is 10.6 Å². The second-order valence-electron chi connectivity index (χ2n) is 2.58. The number of nitrogens with two attached hydrogens (primary N) is 1. The molecule has 0 bridgehead atoms. The van der Waals surface area contributed by atoms with Crippen LogP contribution in [0.15, 0.2) is 18.2 Å². The van der Waals surface area contributed by atoms with E-state index in [1.54, 1.807) is 0 Å². The number of primary sulfonamides is 1. The van der Waals surface area contributed by atoms with Crippen LogP contribution in [0.2, 0.25) is 5.02 Å². The molecule has 0 atom stereocenters. The summed E-state index contributed by atoms with van der Waals surface area (Å²) in [5.74, 6) is -0.544. The van der Waals surface area contributed by atoms with Crippen molar-refractivity contribution in [2.24, 2.45) is 5.14 Å². The Labute approximate surface area is 81.0 Å². The van der Waals surface area contributed by atoms with Crippen LogP contribution in [-0.2, 0) is 15.8 Å². The molecule has 3 N–H and O–H groups in total. The van der Waals surface area contributed by atoms with Crippen LogP contribution in [0.4, 0.5) is 0 Å². The van der Waals surface area contributed by atoms with Gasteiger partial charge in [-0.2, -0.15) is 0 Å². The van der Waals surface area contributed by atoms with E-state index in [9.17, 15) is 13.5 Å². The Morgan fingerprint density at radius 1 is 1.46 bits per heavy atom. The lowest BCUT2D eigenvalue weighted by atomic mass is 10.2. The summed E-state index contributed by atoms with van der Waals surface area (Å²) in [7, 11) is -3.64. The van der Waals surface area contributed by atoms with Gasteiger partial charge in [-0.05, 0) is 18.2 Å². The molecule has 0 unspecified atom stereocenters. The van der Waals surface area contributed by atoms with Crippen molar-refractivity contribution in [1.82, 2.24) is 0 Å². The van der Waals surface area contributed by atoms with Gasteiger partial charge >= 0.3 is 0 Å². The molecule has 0 amide bonds. The molecule has 0 heterocycles. The van der Waals surface area contributed by atoms with Gasteiger partial charge in [-0.1, -0.05) is 11.6 Å². The quantitative estimate of drug-likeness (QED) is 0.777. The van der Waals surface area contributed by atoms with Crippen LogP contribution in [-0.4, -0.2) is 13.5 Å². The Morgan fingerprint density at radius 2 is 2.08 bits per heavy atom. The van der Waals surface area contributed by atoms with Crippen LogP contribution in [0.5, 0.6) is 5.75 Å². The highest BCUT2D eigenvalue weighted by atomic mass is 35.5. The van der Waals surface area contributed by atoms with E-state index >= 15 is 0 Å². The van der Waals surface area contributed by atoms with E-state index in [1.807, 2.05) is 0 Å². The number of halogens is 1. The first-order chi connectivity index (χ1) is 5.88. The highest BCUT2D eigenvalue weighted by Gasteiger charge is 2.09. The zero-order valence-corrected chi connectivity index (χ0v) is 8.14. The first kappa shape index (κ1) is 10.3. The number of hydrogen-bond donors (Lipinski definition) is 2. The summed E-state index contributed by atoms with van der Waals surface area (Å²) >= 11 is 5.60. The minimum Gasteiger partial charge on any atom is -0.508 e. The topological polar surface area (TPSA) is 80.4 Å². The molecule has 0 spiro atoms. The highest BCUT2D eigenvalue weighted by molar-refractivity contribution is 7.88. The number of hydrogen-bond acceptors (Lipinski definition) is 3. The predicted octanol–water partition coefficient (Wildman–Crippen LogP) is 0.834. The van der Waals surface area contributed by atoms with Crippen molar-refractivity contribution in [3.05, 3.63) is 28.8 Å². The minimum atomic E-state index is -3.64. The summed E-state index contributed by atoms with van der Waals surface area (Å²) in [4.78, 5) is 0. The molecule has 13 heavy (non-hydrogen) atoms. The van der Waals surface area contributed by atoms with Crippen molar-refractivity contribution in [1.29, 1.82) is 0 Å². The maximum Gasteiger partial charge on any atom is 0.213 e. The van der Waals surface area contributed by atoms with Gasteiger partial charge in [0.1, 0.15) is 5.75 Å². The summed E-state index contributed by atoms with van der Waals surface area (Å²) in [6.45, 7) is 0. The second-order valence-corrected chi connectivity index (χ2v) is 4.63. The molecule has 6 heteroatoms. The van der Waals surface area contributed by atoms with Gasteiger partial charge in [0.25, 0.3) is 0 Å². The van der Waals surface area contributed by atoms with E-state index in [0.717, 1.165) is 0 Å². The van der Waals surface area contributed by atoms with Crippen LogP contribution in [0.25, 0.3) is 0 Å². The van der Waals surface area contributed by atoms with Gasteiger partial charge in [-0.25, -0.2) is 13.6 Å². The van der Waals surface area contributed by atoms with Gasteiger partial charge in [0.05, 0.1) is 5.75 Å². The molecular weight excluding hydrogens is 214 g/mol. The Hall–Kier alpha value is -0.780. The number of aromatic hydroxyl groups is 1. The number of phenolic OH excluding ortho intramolecular Hbond substituents is 1. The Balaban J connectivity index is 3.08. The van der Waals surface area contributed by atoms with E-state index < -0.39 is 15.8 Å². The largest absolute Gasteiger partial charge is 0.508 e. The standard InChI is InChI=1S/C7H8ClNO3S/c8-6-1-2-7(10)5(3-6)4-13(9,11)12/h1-3,10H,4H2,(H2,9,11,12). The number of benzene rings is 1. The van der Waals surface area contributed by atoms with Crippen LogP contribution in [0, 0.1) is 0 Å². The average Bonchev–Trinajstić information content (AvgIpc) is 1.94. The summed E-state index contributed by atoms with van der Waals surface area (Å²) in [6, 6.07) is 4.15. The van der Waals surface area contributed by atoms with Gasteiger partial charge in [-0.15, -0.1) is 0 Å². The minimum absolute atomic E-state index is 0.126. The lowest BCUT2D eigenvalue weighted by Crippen LogP contribution is -2.14. The third-order valence-electron chi connectivity index (χ3n) is 1.40. The van der Waals surface area contributed by atoms with Crippen LogP contribution >= 0.6 is 11.6 Å². The van der Waals surface area contributed by atoms with E-state index in [0.29, 0.717) is 5.02 Å². The fourth-order valence-electron chi connectivity index (χ4n) is 0.886. The highest BCUT2D eigenvalue weighted by Crippen LogP contribution is 2.22. The van der Waals surface area contributed by atoms with Crippen molar-refractivity contribution in [3.63, 3.8) is 0 Å². The van der Waals surface area contributed by atoms with Crippen molar-refractivity contribution in [2.45, 2.75) is 5.75 Å². The van der Waals surface area contributed by atoms with Crippen molar-refractivity contribution in [3.8, 4) is 5.75 Å². The maximum atomic E-state index is 10.7. The molecule has 1 aromatic carbocycles. The Kier molecular flexibility index (Phi) is 2.80. The molecule has 72 valence electrons. The third kappa shape index (κ3) is 3.22. The summed E-state index contributed by atoms with van der Waals surface area (Å²) in [6.07, 6.45) is 0. The SMILES string of the molecule is NS(=O)(=O)Cc1cc(Cl)ccc1O. The number of rotatable bonds is 2. The molecule has 0 fully saturated rings. The molecule has 0 aliphatic carbocycles.